The highest BCUT2D eigenvalue weighted by Crippen LogP contribution is 2.31. The number of rotatable bonds is 3. The largest absolute Gasteiger partial charge is 0.493 e. The van der Waals surface area contributed by atoms with Crippen molar-refractivity contribution >= 4 is 10.9 Å². The summed E-state index contributed by atoms with van der Waals surface area (Å²) in [6, 6.07) is 5.81. The smallest absolute Gasteiger partial charge is 0.347 e. The van der Waals surface area contributed by atoms with Crippen LogP contribution in [0.15, 0.2) is 39.5 Å². The highest BCUT2D eigenvalue weighted by Gasteiger charge is 2.16. The summed E-state index contributed by atoms with van der Waals surface area (Å²) in [6.45, 7) is 0. The zero-order valence-electron chi connectivity index (χ0n) is 12.2. The van der Waals surface area contributed by atoms with Crippen molar-refractivity contribution in [2.75, 3.05) is 14.2 Å². The molecule has 0 atom stereocenters. The Morgan fingerprint density at radius 3 is 2.39 bits per heavy atom. The summed E-state index contributed by atoms with van der Waals surface area (Å²) >= 11 is 0. The van der Waals surface area contributed by atoms with Crippen LogP contribution in [0.25, 0.3) is 22.4 Å². The van der Waals surface area contributed by atoms with E-state index in [1.165, 1.54) is 26.4 Å². The van der Waals surface area contributed by atoms with Gasteiger partial charge in [-0.15, -0.1) is 0 Å². The number of benzene rings is 2. The predicted molar refractivity (Wildman–Crippen MR) is 78.7 cm³/mol. The minimum atomic E-state index is -0.875. The van der Waals surface area contributed by atoms with Crippen LogP contribution in [0.4, 0.5) is 8.78 Å². The van der Waals surface area contributed by atoms with Gasteiger partial charge in [-0.3, -0.25) is 0 Å². The molecule has 0 unspecified atom stereocenters. The van der Waals surface area contributed by atoms with Crippen LogP contribution in [0, 0.1) is 11.6 Å². The molecule has 0 bridgehead atoms. The molecular formula is C16H11F2NO4. The Bertz CT molecular complexity index is 953. The first-order valence-corrected chi connectivity index (χ1v) is 6.56. The molecular weight excluding hydrogens is 308 g/mol. The van der Waals surface area contributed by atoms with Gasteiger partial charge in [-0.1, -0.05) is 0 Å². The number of methoxy groups -OCH3 is 2. The fourth-order valence-electron chi connectivity index (χ4n) is 2.18. The zero-order valence-corrected chi connectivity index (χ0v) is 12.2. The van der Waals surface area contributed by atoms with E-state index in [0.717, 1.165) is 12.1 Å². The van der Waals surface area contributed by atoms with Crippen LogP contribution in [0.1, 0.15) is 0 Å². The Kier molecular flexibility index (Phi) is 3.69. The van der Waals surface area contributed by atoms with Gasteiger partial charge >= 0.3 is 5.63 Å². The van der Waals surface area contributed by atoms with E-state index in [4.69, 9.17) is 13.9 Å². The molecule has 0 radical (unpaired) electrons. The lowest BCUT2D eigenvalue weighted by Gasteiger charge is -2.09. The minimum Gasteiger partial charge on any atom is -0.493 e. The maximum atomic E-state index is 13.8. The molecule has 0 amide bonds. The third-order valence-corrected chi connectivity index (χ3v) is 3.29. The molecule has 0 aliphatic rings. The molecule has 5 nitrogen and oxygen atoms in total. The third-order valence-electron chi connectivity index (χ3n) is 3.29. The van der Waals surface area contributed by atoms with Crippen molar-refractivity contribution in [2.45, 2.75) is 0 Å². The topological polar surface area (TPSA) is 61.6 Å². The average Bonchev–Trinajstić information content (AvgIpc) is 2.53. The number of hydrogen-bond donors (Lipinski definition) is 0. The van der Waals surface area contributed by atoms with Crippen LogP contribution in [-0.2, 0) is 0 Å². The molecule has 2 aromatic carbocycles. The van der Waals surface area contributed by atoms with Crippen molar-refractivity contribution in [1.82, 2.24) is 4.98 Å². The van der Waals surface area contributed by atoms with E-state index in [0.29, 0.717) is 17.6 Å². The molecule has 0 fully saturated rings. The molecule has 118 valence electrons. The number of aromatic nitrogens is 1. The standard InChI is InChI=1S/C16H11F2NO4/c1-21-13-6-10-12(7-14(13)22-2)19-15(23-16(10)20)9-4-3-8(17)5-11(9)18/h3-7H,1-2H3. The Hall–Kier alpha value is -2.96. The molecule has 0 saturated carbocycles. The van der Waals surface area contributed by atoms with Gasteiger partial charge in [0.05, 0.1) is 30.7 Å². The third kappa shape index (κ3) is 2.61. The average molecular weight is 319 g/mol. The van der Waals surface area contributed by atoms with E-state index < -0.39 is 17.3 Å². The highest BCUT2D eigenvalue weighted by molar-refractivity contribution is 5.82. The normalized spacial score (nSPS) is 10.8. The SMILES string of the molecule is COc1cc2nc(-c3ccc(F)cc3F)oc(=O)c2cc1OC. The maximum Gasteiger partial charge on any atom is 0.347 e. The van der Waals surface area contributed by atoms with Gasteiger partial charge in [0.15, 0.2) is 11.5 Å². The summed E-state index contributed by atoms with van der Waals surface area (Å²) in [6.07, 6.45) is 0. The monoisotopic (exact) mass is 319 g/mol. The van der Waals surface area contributed by atoms with Crippen molar-refractivity contribution in [2.24, 2.45) is 0 Å². The second kappa shape index (κ2) is 5.68. The fraction of sp³-hybridized carbons (Fsp3) is 0.125. The molecule has 0 spiro atoms. The van der Waals surface area contributed by atoms with Crippen molar-refractivity contribution in [3.63, 3.8) is 0 Å². The van der Waals surface area contributed by atoms with Gasteiger partial charge in [0.1, 0.15) is 11.6 Å². The lowest BCUT2D eigenvalue weighted by Crippen LogP contribution is -2.05. The number of hydrogen-bond acceptors (Lipinski definition) is 5. The Morgan fingerprint density at radius 2 is 1.74 bits per heavy atom. The molecule has 0 aliphatic carbocycles. The molecule has 0 saturated heterocycles. The summed E-state index contributed by atoms with van der Waals surface area (Å²) in [5, 5.41) is 0.161. The van der Waals surface area contributed by atoms with E-state index in [9.17, 15) is 13.6 Å². The first kappa shape index (κ1) is 15.0. The summed E-state index contributed by atoms with van der Waals surface area (Å²) in [5.41, 5.74) is -0.576. The second-order valence-corrected chi connectivity index (χ2v) is 4.65. The molecule has 0 N–H and O–H groups in total. The lowest BCUT2D eigenvalue weighted by molar-refractivity contribution is 0.355. The molecule has 3 aromatic rings. The second-order valence-electron chi connectivity index (χ2n) is 4.65. The minimum absolute atomic E-state index is 0.111. The number of ether oxygens (including phenoxy) is 2. The van der Waals surface area contributed by atoms with Gasteiger partial charge in [-0.2, -0.15) is 0 Å². The Labute approximate surface area is 129 Å². The number of fused-ring (bicyclic) bond motifs is 1. The molecule has 3 rings (SSSR count). The maximum absolute atomic E-state index is 13.8. The van der Waals surface area contributed by atoms with Crippen LogP contribution in [0.5, 0.6) is 11.5 Å². The molecule has 23 heavy (non-hydrogen) atoms. The van der Waals surface area contributed by atoms with E-state index in [2.05, 4.69) is 4.98 Å². The molecule has 1 heterocycles. The molecule has 0 aliphatic heterocycles. The van der Waals surface area contributed by atoms with E-state index in [-0.39, 0.29) is 22.4 Å². The van der Waals surface area contributed by atoms with Crippen molar-refractivity contribution < 1.29 is 22.7 Å². The van der Waals surface area contributed by atoms with Crippen molar-refractivity contribution in [1.29, 1.82) is 0 Å². The molecule has 7 heteroatoms. The van der Waals surface area contributed by atoms with E-state index in [1.807, 2.05) is 0 Å². The predicted octanol–water partition coefficient (Wildman–Crippen LogP) is 3.15. The summed E-state index contributed by atoms with van der Waals surface area (Å²) in [5.74, 6) is -1.15. The van der Waals surface area contributed by atoms with Crippen LogP contribution >= 0.6 is 0 Å². The van der Waals surface area contributed by atoms with E-state index >= 15 is 0 Å². The van der Waals surface area contributed by atoms with Crippen LogP contribution in [0.3, 0.4) is 0 Å². The lowest BCUT2D eigenvalue weighted by atomic mass is 10.2. The first-order valence-electron chi connectivity index (χ1n) is 6.56. The number of nitrogens with zero attached hydrogens (tertiary/aromatic N) is 1. The van der Waals surface area contributed by atoms with Crippen LogP contribution in [-0.4, -0.2) is 19.2 Å². The van der Waals surface area contributed by atoms with Crippen molar-refractivity contribution in [3.8, 4) is 23.0 Å². The van der Waals surface area contributed by atoms with Gasteiger partial charge < -0.3 is 13.9 Å². The first-order chi connectivity index (χ1) is 11.0. The van der Waals surface area contributed by atoms with Gasteiger partial charge in [-0.25, -0.2) is 18.6 Å². The Morgan fingerprint density at radius 1 is 1.04 bits per heavy atom. The van der Waals surface area contributed by atoms with Crippen LogP contribution < -0.4 is 15.1 Å². The van der Waals surface area contributed by atoms with Gasteiger partial charge in [0.2, 0.25) is 5.89 Å². The van der Waals surface area contributed by atoms with E-state index in [1.54, 1.807) is 0 Å². The zero-order chi connectivity index (χ0) is 16.6. The molecule has 1 aromatic heterocycles. The number of halogens is 2. The van der Waals surface area contributed by atoms with Gasteiger partial charge in [-0.05, 0) is 12.1 Å². The van der Waals surface area contributed by atoms with Crippen molar-refractivity contribution in [3.05, 3.63) is 52.4 Å². The fourth-order valence-corrected chi connectivity index (χ4v) is 2.18. The highest BCUT2D eigenvalue weighted by atomic mass is 19.1. The van der Waals surface area contributed by atoms with Gasteiger partial charge in [0, 0.05) is 18.2 Å². The Balaban J connectivity index is 2.27. The summed E-state index contributed by atoms with van der Waals surface area (Å²) in [7, 11) is 2.87. The summed E-state index contributed by atoms with van der Waals surface area (Å²) < 4.78 is 42.1. The van der Waals surface area contributed by atoms with Gasteiger partial charge in [0.25, 0.3) is 0 Å². The quantitative estimate of drug-likeness (QED) is 0.742. The summed E-state index contributed by atoms with van der Waals surface area (Å²) in [4.78, 5) is 16.2. The van der Waals surface area contributed by atoms with Crippen LogP contribution in [0.2, 0.25) is 0 Å².